The fraction of sp³-hybridized carbons (Fsp3) is 0.538. The van der Waals surface area contributed by atoms with Gasteiger partial charge in [-0.1, -0.05) is 24.6 Å². The van der Waals surface area contributed by atoms with Crippen LogP contribution in [0.2, 0.25) is 5.02 Å². The second kappa shape index (κ2) is 4.19. The summed E-state index contributed by atoms with van der Waals surface area (Å²) in [4.78, 5) is 0. The van der Waals surface area contributed by atoms with Gasteiger partial charge < -0.3 is 5.73 Å². The van der Waals surface area contributed by atoms with Gasteiger partial charge in [0.25, 0.3) is 0 Å². The molecule has 0 unspecified atom stereocenters. The van der Waals surface area contributed by atoms with Crippen LogP contribution in [0.1, 0.15) is 30.9 Å². The van der Waals surface area contributed by atoms with Crippen LogP contribution in [-0.2, 0) is 21.3 Å². The Bertz CT molecular complexity index is 624. The highest BCUT2D eigenvalue weighted by molar-refractivity contribution is 7.90. The molecule has 1 spiro atoms. The smallest absolute Gasteiger partial charge is 0.224 e. The molecule has 2 aliphatic rings. The fourth-order valence-electron chi connectivity index (χ4n) is 3.27. The average molecular weight is 301 g/mol. The first-order valence-electron chi connectivity index (χ1n) is 6.45. The summed E-state index contributed by atoms with van der Waals surface area (Å²) in [5.41, 5.74) is 7.77. The molecule has 1 aromatic rings. The van der Waals surface area contributed by atoms with Gasteiger partial charge in [-0.15, -0.1) is 0 Å². The van der Waals surface area contributed by atoms with Crippen molar-refractivity contribution in [2.24, 2.45) is 5.73 Å². The van der Waals surface area contributed by atoms with Crippen LogP contribution >= 0.6 is 11.6 Å². The Morgan fingerprint density at radius 3 is 2.74 bits per heavy atom. The normalized spacial score (nSPS) is 32.9. The summed E-state index contributed by atoms with van der Waals surface area (Å²) < 4.78 is 26.3. The first-order chi connectivity index (χ1) is 8.90. The van der Waals surface area contributed by atoms with Gasteiger partial charge in [0.2, 0.25) is 10.0 Å². The zero-order valence-electron chi connectivity index (χ0n) is 10.8. The summed E-state index contributed by atoms with van der Waals surface area (Å²) in [6.07, 6.45) is 0.971. The van der Waals surface area contributed by atoms with E-state index in [1.54, 1.807) is 10.4 Å². The van der Waals surface area contributed by atoms with Gasteiger partial charge in [-0.3, -0.25) is 0 Å². The van der Waals surface area contributed by atoms with E-state index in [0.717, 1.165) is 11.1 Å². The van der Waals surface area contributed by atoms with Crippen LogP contribution in [0, 0.1) is 0 Å². The molecule has 1 aromatic carbocycles. The zero-order chi connectivity index (χ0) is 13.8. The molecule has 3 rings (SSSR count). The summed E-state index contributed by atoms with van der Waals surface area (Å²) in [5.74, 6) is 0. The van der Waals surface area contributed by atoms with Gasteiger partial charge in [0.05, 0.1) is 0 Å². The molecule has 0 atom stereocenters. The van der Waals surface area contributed by atoms with Crippen molar-refractivity contribution in [1.82, 2.24) is 4.31 Å². The number of sulfonamides is 1. The van der Waals surface area contributed by atoms with Gasteiger partial charge in [0, 0.05) is 24.2 Å². The van der Waals surface area contributed by atoms with E-state index in [4.69, 9.17) is 17.3 Å². The minimum atomic E-state index is -3.35. The van der Waals surface area contributed by atoms with E-state index in [2.05, 4.69) is 0 Å². The van der Waals surface area contributed by atoms with E-state index in [1.807, 2.05) is 19.1 Å². The van der Waals surface area contributed by atoms with Crippen LogP contribution in [0.3, 0.4) is 0 Å². The molecule has 1 aliphatic heterocycles. The first-order valence-corrected chi connectivity index (χ1v) is 8.27. The van der Waals surface area contributed by atoms with E-state index >= 15 is 0 Å². The predicted octanol–water partition coefficient (Wildman–Crippen LogP) is 1.82. The predicted molar refractivity (Wildman–Crippen MR) is 75.3 cm³/mol. The van der Waals surface area contributed by atoms with Crippen LogP contribution < -0.4 is 5.73 Å². The Hall–Kier alpha value is -0.620. The van der Waals surface area contributed by atoms with E-state index in [9.17, 15) is 8.42 Å². The van der Waals surface area contributed by atoms with E-state index in [0.29, 0.717) is 31.0 Å². The maximum Gasteiger partial charge on any atom is 0.224 e. The Morgan fingerprint density at radius 1 is 1.47 bits per heavy atom. The molecule has 0 bridgehead atoms. The summed E-state index contributed by atoms with van der Waals surface area (Å²) in [5, 5.41) is 0.582. The van der Waals surface area contributed by atoms with Gasteiger partial charge in [-0.25, -0.2) is 8.42 Å². The highest BCUT2D eigenvalue weighted by Crippen LogP contribution is 2.53. The van der Waals surface area contributed by atoms with Gasteiger partial charge >= 0.3 is 0 Å². The molecule has 19 heavy (non-hydrogen) atoms. The van der Waals surface area contributed by atoms with Crippen LogP contribution in [0.15, 0.2) is 18.2 Å². The van der Waals surface area contributed by atoms with Gasteiger partial charge in [-0.05, 0) is 36.1 Å². The highest BCUT2D eigenvalue weighted by atomic mass is 35.5. The molecule has 4 nitrogen and oxygen atoms in total. The van der Waals surface area contributed by atoms with E-state index in [1.165, 1.54) is 0 Å². The number of fused-ring (bicyclic) bond motifs is 2. The van der Waals surface area contributed by atoms with Crippen LogP contribution in [-0.4, -0.2) is 25.3 Å². The quantitative estimate of drug-likeness (QED) is 0.860. The van der Waals surface area contributed by atoms with Crippen molar-refractivity contribution >= 4 is 21.6 Å². The maximum atomic E-state index is 12.8. The molecule has 1 aliphatic carbocycles. The molecule has 0 amide bonds. The second-order valence-corrected chi connectivity index (χ2v) is 8.08. The number of hydrogen-bond donors (Lipinski definition) is 1. The molecule has 6 heteroatoms. The molecule has 0 aromatic heterocycles. The molecule has 2 N–H and O–H groups in total. The minimum absolute atomic E-state index is 0.0431. The monoisotopic (exact) mass is 300 g/mol. The van der Waals surface area contributed by atoms with E-state index < -0.39 is 14.8 Å². The number of hydrogen-bond acceptors (Lipinski definition) is 3. The van der Waals surface area contributed by atoms with Gasteiger partial charge in [-0.2, -0.15) is 4.31 Å². The number of benzene rings is 1. The third kappa shape index (κ3) is 1.69. The molecular weight excluding hydrogens is 284 g/mol. The van der Waals surface area contributed by atoms with Crippen molar-refractivity contribution in [2.75, 3.05) is 6.54 Å². The third-order valence-electron chi connectivity index (χ3n) is 4.28. The van der Waals surface area contributed by atoms with Crippen molar-refractivity contribution in [3.63, 3.8) is 0 Å². The van der Waals surface area contributed by atoms with Crippen molar-refractivity contribution in [3.8, 4) is 0 Å². The topological polar surface area (TPSA) is 63.4 Å². The number of nitrogens with two attached hydrogens (primary N) is 1. The molecule has 0 saturated heterocycles. The largest absolute Gasteiger partial charge is 0.328 e. The Kier molecular flexibility index (Phi) is 2.94. The average Bonchev–Trinajstić information content (AvgIpc) is 2.31. The SMILES string of the molecule is CCN1Cc2ccc(Cl)cc2C2(CC(N)C2)S1(=O)=O. The number of rotatable bonds is 1. The minimum Gasteiger partial charge on any atom is -0.328 e. The highest BCUT2D eigenvalue weighted by Gasteiger charge is 2.58. The summed E-state index contributed by atoms with van der Waals surface area (Å²) in [7, 11) is -3.35. The van der Waals surface area contributed by atoms with Crippen molar-refractivity contribution in [1.29, 1.82) is 0 Å². The number of nitrogens with zero attached hydrogens (tertiary/aromatic N) is 1. The lowest BCUT2D eigenvalue weighted by Gasteiger charge is -2.51. The third-order valence-corrected chi connectivity index (χ3v) is 7.12. The molecule has 1 heterocycles. The Morgan fingerprint density at radius 2 is 2.16 bits per heavy atom. The van der Waals surface area contributed by atoms with Gasteiger partial charge in [0.15, 0.2) is 0 Å². The second-order valence-electron chi connectivity index (χ2n) is 5.40. The maximum absolute atomic E-state index is 12.8. The van der Waals surface area contributed by atoms with Crippen LogP contribution in [0.5, 0.6) is 0 Å². The first kappa shape index (κ1) is 13.4. The molecule has 0 radical (unpaired) electrons. The summed E-state index contributed by atoms with van der Waals surface area (Å²) in [6, 6.07) is 5.50. The lowest BCUT2D eigenvalue weighted by molar-refractivity contribution is 0.254. The fourth-order valence-corrected chi connectivity index (χ4v) is 5.90. The molecular formula is C13H17ClN2O2S. The standard InChI is InChI=1S/C13H17ClN2O2S/c1-2-16-8-9-3-4-10(14)5-12(9)13(19(16,17)18)6-11(15)7-13/h3-5,11H,2,6-8,15H2,1H3. The van der Waals surface area contributed by atoms with Crippen molar-refractivity contribution < 1.29 is 8.42 Å². The number of halogens is 1. The van der Waals surface area contributed by atoms with Crippen molar-refractivity contribution in [2.45, 2.75) is 37.1 Å². The molecule has 104 valence electrons. The summed E-state index contributed by atoms with van der Waals surface area (Å²) >= 11 is 6.05. The summed E-state index contributed by atoms with van der Waals surface area (Å²) in [6.45, 7) is 2.79. The Balaban J connectivity index is 2.22. The zero-order valence-corrected chi connectivity index (χ0v) is 12.3. The van der Waals surface area contributed by atoms with Crippen molar-refractivity contribution in [3.05, 3.63) is 34.3 Å². The van der Waals surface area contributed by atoms with Crippen LogP contribution in [0.4, 0.5) is 0 Å². The molecule has 1 fully saturated rings. The van der Waals surface area contributed by atoms with Crippen LogP contribution in [0.25, 0.3) is 0 Å². The molecule has 1 saturated carbocycles. The lowest BCUT2D eigenvalue weighted by Crippen LogP contribution is -2.60. The van der Waals surface area contributed by atoms with E-state index in [-0.39, 0.29) is 6.04 Å². The lowest BCUT2D eigenvalue weighted by atomic mass is 9.73. The Labute approximate surface area is 118 Å². The van der Waals surface area contributed by atoms with Gasteiger partial charge in [0.1, 0.15) is 4.75 Å².